The Morgan fingerprint density at radius 1 is 1.10 bits per heavy atom. The lowest BCUT2D eigenvalue weighted by Crippen LogP contribution is -2.13. The van der Waals surface area contributed by atoms with E-state index in [9.17, 15) is 4.39 Å². The van der Waals surface area contributed by atoms with Gasteiger partial charge in [-0.3, -0.25) is 0 Å². The second-order valence-corrected chi connectivity index (χ2v) is 5.41. The molecule has 0 unspecified atom stereocenters. The summed E-state index contributed by atoms with van der Waals surface area (Å²) < 4.78 is 13.5. The van der Waals surface area contributed by atoms with Gasteiger partial charge in [0.05, 0.1) is 0 Å². The van der Waals surface area contributed by atoms with E-state index in [2.05, 4.69) is 12.2 Å². The normalized spacial score (nSPS) is 10.8. The molecule has 0 radical (unpaired) electrons. The average molecular weight is 292 g/mol. The van der Waals surface area contributed by atoms with Gasteiger partial charge in [0.2, 0.25) is 0 Å². The van der Waals surface area contributed by atoms with Crippen molar-refractivity contribution in [3.8, 4) is 11.1 Å². The first-order valence-corrected chi connectivity index (χ1v) is 7.24. The first kappa shape index (κ1) is 15.0. The van der Waals surface area contributed by atoms with E-state index in [-0.39, 0.29) is 5.82 Å². The van der Waals surface area contributed by atoms with Gasteiger partial charge in [0, 0.05) is 11.6 Å². The number of hydrogen-bond donors (Lipinski definition) is 1. The van der Waals surface area contributed by atoms with Crippen LogP contribution in [0.4, 0.5) is 4.39 Å². The van der Waals surface area contributed by atoms with Crippen LogP contribution >= 0.6 is 11.6 Å². The lowest BCUT2D eigenvalue weighted by Gasteiger charge is -2.09. The highest BCUT2D eigenvalue weighted by molar-refractivity contribution is 6.31. The zero-order valence-corrected chi connectivity index (χ0v) is 12.6. The molecule has 0 atom stereocenters. The van der Waals surface area contributed by atoms with Gasteiger partial charge < -0.3 is 5.32 Å². The summed E-state index contributed by atoms with van der Waals surface area (Å²) in [6.45, 7) is 5.75. The highest BCUT2D eigenvalue weighted by atomic mass is 35.5. The van der Waals surface area contributed by atoms with Gasteiger partial charge in [0.25, 0.3) is 0 Å². The Hall–Kier alpha value is -1.38. The third-order valence-electron chi connectivity index (χ3n) is 3.17. The molecule has 20 heavy (non-hydrogen) atoms. The fourth-order valence-electron chi connectivity index (χ4n) is 2.17. The first-order chi connectivity index (χ1) is 9.60. The monoisotopic (exact) mass is 291 g/mol. The fraction of sp³-hybridized carbons (Fsp3) is 0.294. The van der Waals surface area contributed by atoms with Crippen molar-refractivity contribution in [1.82, 2.24) is 5.32 Å². The van der Waals surface area contributed by atoms with E-state index in [0.29, 0.717) is 5.02 Å². The third-order valence-corrected chi connectivity index (χ3v) is 3.52. The predicted molar refractivity (Wildman–Crippen MR) is 83.6 cm³/mol. The zero-order valence-electron chi connectivity index (χ0n) is 11.8. The van der Waals surface area contributed by atoms with E-state index in [4.69, 9.17) is 11.6 Å². The first-order valence-electron chi connectivity index (χ1n) is 6.87. The summed E-state index contributed by atoms with van der Waals surface area (Å²) in [6.07, 6.45) is 1.10. The van der Waals surface area contributed by atoms with Crippen LogP contribution < -0.4 is 5.32 Å². The molecule has 0 bridgehead atoms. The molecule has 0 heterocycles. The summed E-state index contributed by atoms with van der Waals surface area (Å²) in [5.41, 5.74) is 3.77. The molecule has 0 saturated carbocycles. The van der Waals surface area contributed by atoms with Crippen LogP contribution in [0, 0.1) is 12.7 Å². The minimum atomic E-state index is -0.218. The summed E-state index contributed by atoms with van der Waals surface area (Å²) in [5, 5.41) is 4.04. The van der Waals surface area contributed by atoms with Crippen molar-refractivity contribution in [2.24, 2.45) is 0 Å². The van der Waals surface area contributed by atoms with Crippen molar-refractivity contribution in [2.75, 3.05) is 6.54 Å². The smallest absolute Gasteiger partial charge is 0.124 e. The summed E-state index contributed by atoms with van der Waals surface area (Å²) in [7, 11) is 0. The highest BCUT2D eigenvalue weighted by Crippen LogP contribution is 2.27. The van der Waals surface area contributed by atoms with E-state index in [1.165, 1.54) is 12.1 Å². The maximum Gasteiger partial charge on any atom is 0.124 e. The van der Waals surface area contributed by atoms with Crippen LogP contribution in [0.5, 0.6) is 0 Å². The quantitative estimate of drug-likeness (QED) is 0.768. The molecule has 2 aromatic carbocycles. The number of benzene rings is 2. The van der Waals surface area contributed by atoms with E-state index in [1.54, 1.807) is 0 Å². The molecule has 0 aromatic heterocycles. The molecule has 0 saturated heterocycles. The van der Waals surface area contributed by atoms with Gasteiger partial charge in [-0.15, -0.1) is 0 Å². The molecule has 2 aromatic rings. The SMILES string of the molecule is CCCNCc1ccc(-c2cc(C)cc(F)c2)cc1Cl. The summed E-state index contributed by atoms with van der Waals surface area (Å²) >= 11 is 6.30. The van der Waals surface area contributed by atoms with Crippen molar-refractivity contribution in [3.05, 3.63) is 58.4 Å². The highest BCUT2D eigenvalue weighted by Gasteiger charge is 2.05. The standard InChI is InChI=1S/C17H19ClFN/c1-3-6-20-11-14-5-4-13(10-17(14)18)15-7-12(2)8-16(19)9-15/h4-5,7-10,20H,3,6,11H2,1-2H3. The average Bonchev–Trinajstić information content (AvgIpc) is 2.39. The summed E-state index contributed by atoms with van der Waals surface area (Å²) in [5.74, 6) is -0.218. The van der Waals surface area contributed by atoms with E-state index < -0.39 is 0 Å². The van der Waals surface area contributed by atoms with E-state index in [0.717, 1.165) is 41.8 Å². The van der Waals surface area contributed by atoms with Gasteiger partial charge in [0.15, 0.2) is 0 Å². The van der Waals surface area contributed by atoms with E-state index in [1.807, 2.05) is 31.2 Å². The van der Waals surface area contributed by atoms with Crippen LogP contribution in [0.3, 0.4) is 0 Å². The Bertz CT molecular complexity index is 575. The zero-order chi connectivity index (χ0) is 14.5. The lowest BCUT2D eigenvalue weighted by atomic mass is 10.0. The largest absolute Gasteiger partial charge is 0.313 e. The van der Waals surface area contributed by atoms with Gasteiger partial charge in [-0.25, -0.2) is 4.39 Å². The molecule has 1 N–H and O–H groups in total. The molecule has 0 amide bonds. The second kappa shape index (κ2) is 6.87. The van der Waals surface area contributed by atoms with Gasteiger partial charge in [-0.1, -0.05) is 36.7 Å². The fourth-order valence-corrected chi connectivity index (χ4v) is 2.42. The molecule has 3 heteroatoms. The number of rotatable bonds is 5. The van der Waals surface area contributed by atoms with Crippen LogP contribution in [-0.4, -0.2) is 6.54 Å². The lowest BCUT2D eigenvalue weighted by molar-refractivity contribution is 0.627. The molecular weight excluding hydrogens is 273 g/mol. The van der Waals surface area contributed by atoms with Crippen LogP contribution in [0.15, 0.2) is 36.4 Å². The van der Waals surface area contributed by atoms with Crippen molar-refractivity contribution in [3.63, 3.8) is 0 Å². The van der Waals surface area contributed by atoms with Crippen molar-refractivity contribution in [2.45, 2.75) is 26.8 Å². The Morgan fingerprint density at radius 2 is 1.90 bits per heavy atom. The Balaban J connectivity index is 2.23. The molecule has 0 fully saturated rings. The van der Waals surface area contributed by atoms with Gasteiger partial charge >= 0.3 is 0 Å². The minimum Gasteiger partial charge on any atom is -0.313 e. The van der Waals surface area contributed by atoms with Crippen molar-refractivity contribution < 1.29 is 4.39 Å². The Kier molecular flexibility index (Phi) is 5.16. The van der Waals surface area contributed by atoms with E-state index >= 15 is 0 Å². The number of hydrogen-bond acceptors (Lipinski definition) is 1. The van der Waals surface area contributed by atoms with Gasteiger partial charge in [-0.05, 0) is 60.3 Å². The second-order valence-electron chi connectivity index (χ2n) is 5.00. The maximum atomic E-state index is 13.5. The molecule has 0 spiro atoms. The van der Waals surface area contributed by atoms with Crippen LogP contribution in [0.25, 0.3) is 11.1 Å². The molecular formula is C17H19ClFN. The Labute approximate surface area is 124 Å². The number of nitrogens with one attached hydrogen (secondary N) is 1. The van der Waals surface area contributed by atoms with Crippen molar-refractivity contribution in [1.29, 1.82) is 0 Å². The molecule has 1 nitrogen and oxygen atoms in total. The van der Waals surface area contributed by atoms with Gasteiger partial charge in [-0.2, -0.15) is 0 Å². The molecule has 2 rings (SSSR count). The molecule has 106 valence electrons. The van der Waals surface area contributed by atoms with Gasteiger partial charge in [0.1, 0.15) is 5.82 Å². The predicted octanol–water partition coefficient (Wildman–Crippen LogP) is 4.95. The molecule has 0 aliphatic rings. The maximum absolute atomic E-state index is 13.5. The molecule has 0 aliphatic heterocycles. The van der Waals surface area contributed by atoms with Crippen LogP contribution in [0.2, 0.25) is 5.02 Å². The van der Waals surface area contributed by atoms with Crippen molar-refractivity contribution >= 4 is 11.6 Å². The topological polar surface area (TPSA) is 12.0 Å². The molecule has 0 aliphatic carbocycles. The Morgan fingerprint density at radius 3 is 2.55 bits per heavy atom. The number of halogens is 2. The minimum absolute atomic E-state index is 0.218. The summed E-state index contributed by atoms with van der Waals surface area (Å²) in [4.78, 5) is 0. The summed E-state index contributed by atoms with van der Waals surface area (Å²) in [6, 6.07) is 10.9. The number of aryl methyl sites for hydroxylation is 1. The third kappa shape index (κ3) is 3.81. The van der Waals surface area contributed by atoms with Crippen LogP contribution in [0.1, 0.15) is 24.5 Å². The van der Waals surface area contributed by atoms with Crippen LogP contribution in [-0.2, 0) is 6.54 Å².